The second kappa shape index (κ2) is 5.58. The van der Waals surface area contributed by atoms with Crippen molar-refractivity contribution in [3.8, 4) is 11.5 Å². The molecule has 2 rings (SSSR count). The van der Waals surface area contributed by atoms with Gasteiger partial charge >= 0.3 is 0 Å². The van der Waals surface area contributed by atoms with Crippen LogP contribution in [0.4, 0.5) is 0 Å². The largest absolute Gasteiger partial charge is 0.493 e. The molecule has 1 fully saturated rings. The van der Waals surface area contributed by atoms with E-state index in [2.05, 4.69) is 22.5 Å². The Kier molecular flexibility index (Phi) is 4.11. The predicted octanol–water partition coefficient (Wildman–Crippen LogP) is 4.34. The number of benzene rings is 1. The zero-order valence-corrected chi connectivity index (χ0v) is 11.6. The van der Waals surface area contributed by atoms with Gasteiger partial charge in [0.1, 0.15) is 6.10 Å². The highest BCUT2D eigenvalue weighted by atomic mass is 79.9. The van der Waals surface area contributed by atoms with Crippen LogP contribution in [0.25, 0.3) is 0 Å². The average molecular weight is 297 g/mol. The first kappa shape index (κ1) is 12.5. The number of hydrogen-bond acceptors (Lipinski definition) is 2. The van der Waals surface area contributed by atoms with Gasteiger partial charge in [-0.3, -0.25) is 0 Å². The van der Waals surface area contributed by atoms with Gasteiger partial charge in [0, 0.05) is 4.47 Å². The van der Waals surface area contributed by atoms with E-state index in [0.29, 0.717) is 0 Å². The standard InChI is InChI=1S/C14H17BrO2/c1-10-5-3-4-6-12(10)17-14-9-11(15)7-8-13(14)16-2/h7-9,12H,1,3-6H2,2H3. The second-order valence-electron chi connectivity index (χ2n) is 4.31. The number of halogens is 1. The van der Waals surface area contributed by atoms with Gasteiger partial charge in [-0.2, -0.15) is 0 Å². The molecule has 1 atom stereocenters. The molecule has 0 spiro atoms. The molecule has 0 bridgehead atoms. The monoisotopic (exact) mass is 296 g/mol. The van der Waals surface area contributed by atoms with Crippen molar-refractivity contribution in [2.75, 3.05) is 7.11 Å². The molecule has 0 aliphatic heterocycles. The van der Waals surface area contributed by atoms with E-state index in [1.165, 1.54) is 18.4 Å². The third-order valence-corrected chi connectivity index (χ3v) is 3.56. The molecule has 1 aromatic rings. The fourth-order valence-electron chi connectivity index (χ4n) is 2.09. The highest BCUT2D eigenvalue weighted by Crippen LogP contribution is 2.34. The third kappa shape index (κ3) is 3.03. The lowest BCUT2D eigenvalue weighted by molar-refractivity contribution is 0.196. The fourth-order valence-corrected chi connectivity index (χ4v) is 2.43. The van der Waals surface area contributed by atoms with Crippen LogP contribution in [0.5, 0.6) is 11.5 Å². The first-order chi connectivity index (χ1) is 8.20. The number of methoxy groups -OCH3 is 1. The summed E-state index contributed by atoms with van der Waals surface area (Å²) in [4.78, 5) is 0. The molecule has 1 aliphatic carbocycles. The fraction of sp³-hybridized carbons (Fsp3) is 0.429. The highest BCUT2D eigenvalue weighted by Gasteiger charge is 2.20. The lowest BCUT2D eigenvalue weighted by Gasteiger charge is -2.26. The SMILES string of the molecule is C=C1CCCCC1Oc1cc(Br)ccc1OC. The van der Waals surface area contributed by atoms with E-state index in [1.54, 1.807) is 7.11 Å². The van der Waals surface area contributed by atoms with Crippen LogP contribution in [-0.4, -0.2) is 13.2 Å². The van der Waals surface area contributed by atoms with Gasteiger partial charge in [0.05, 0.1) is 7.11 Å². The van der Waals surface area contributed by atoms with Gasteiger partial charge in [0.25, 0.3) is 0 Å². The molecule has 1 aliphatic rings. The zero-order valence-electron chi connectivity index (χ0n) is 10.0. The lowest BCUT2D eigenvalue weighted by atomic mass is 9.93. The first-order valence-corrected chi connectivity index (χ1v) is 6.68. The molecule has 0 amide bonds. The summed E-state index contributed by atoms with van der Waals surface area (Å²) < 4.78 is 12.3. The van der Waals surface area contributed by atoms with Crippen LogP contribution >= 0.6 is 15.9 Å². The smallest absolute Gasteiger partial charge is 0.163 e. The predicted molar refractivity (Wildman–Crippen MR) is 72.7 cm³/mol. The molecule has 1 unspecified atom stereocenters. The van der Waals surface area contributed by atoms with Crippen molar-refractivity contribution >= 4 is 15.9 Å². The summed E-state index contributed by atoms with van der Waals surface area (Å²) in [6.45, 7) is 4.09. The molecule has 0 heterocycles. The van der Waals surface area contributed by atoms with E-state index < -0.39 is 0 Å². The van der Waals surface area contributed by atoms with Gasteiger partial charge < -0.3 is 9.47 Å². The maximum Gasteiger partial charge on any atom is 0.163 e. The van der Waals surface area contributed by atoms with E-state index in [9.17, 15) is 0 Å². The maximum atomic E-state index is 6.02. The van der Waals surface area contributed by atoms with Crippen molar-refractivity contribution < 1.29 is 9.47 Å². The molecule has 17 heavy (non-hydrogen) atoms. The Morgan fingerprint density at radius 3 is 2.82 bits per heavy atom. The van der Waals surface area contributed by atoms with Gasteiger partial charge in [0.2, 0.25) is 0 Å². The molecule has 1 aromatic carbocycles. The van der Waals surface area contributed by atoms with Gasteiger partial charge in [-0.25, -0.2) is 0 Å². The number of rotatable bonds is 3. The molecule has 0 aromatic heterocycles. The Hall–Kier alpha value is -0.960. The van der Waals surface area contributed by atoms with Crippen LogP contribution in [0, 0.1) is 0 Å². The van der Waals surface area contributed by atoms with Crippen LogP contribution in [0.2, 0.25) is 0 Å². The summed E-state index contributed by atoms with van der Waals surface area (Å²) in [5.74, 6) is 1.56. The summed E-state index contributed by atoms with van der Waals surface area (Å²) in [5.41, 5.74) is 1.19. The van der Waals surface area contributed by atoms with Crippen LogP contribution in [0.3, 0.4) is 0 Å². The Morgan fingerprint density at radius 1 is 1.29 bits per heavy atom. The Morgan fingerprint density at radius 2 is 2.12 bits per heavy atom. The minimum Gasteiger partial charge on any atom is -0.493 e. The lowest BCUT2D eigenvalue weighted by Crippen LogP contribution is -2.22. The zero-order chi connectivity index (χ0) is 12.3. The van der Waals surface area contributed by atoms with Gasteiger partial charge in [0.15, 0.2) is 11.5 Å². The molecule has 2 nitrogen and oxygen atoms in total. The molecule has 3 heteroatoms. The molecule has 0 radical (unpaired) electrons. The van der Waals surface area contributed by atoms with Gasteiger partial charge in [-0.1, -0.05) is 22.5 Å². The molecule has 0 saturated heterocycles. The number of ether oxygens (including phenoxy) is 2. The van der Waals surface area contributed by atoms with E-state index in [4.69, 9.17) is 9.47 Å². The first-order valence-electron chi connectivity index (χ1n) is 5.88. The maximum absolute atomic E-state index is 6.02. The Labute approximate surface area is 111 Å². The Bertz CT molecular complexity index is 415. The van der Waals surface area contributed by atoms with Crippen molar-refractivity contribution in [2.45, 2.75) is 31.8 Å². The van der Waals surface area contributed by atoms with Crippen LogP contribution in [0.15, 0.2) is 34.8 Å². The summed E-state index contributed by atoms with van der Waals surface area (Å²) in [5, 5.41) is 0. The molecular formula is C14H17BrO2. The second-order valence-corrected chi connectivity index (χ2v) is 5.22. The van der Waals surface area contributed by atoms with E-state index in [-0.39, 0.29) is 6.10 Å². The summed E-state index contributed by atoms with van der Waals surface area (Å²) in [6, 6.07) is 5.80. The van der Waals surface area contributed by atoms with E-state index >= 15 is 0 Å². The summed E-state index contributed by atoms with van der Waals surface area (Å²) >= 11 is 3.45. The molecule has 1 saturated carbocycles. The summed E-state index contributed by atoms with van der Waals surface area (Å²) in [6.07, 6.45) is 4.69. The third-order valence-electron chi connectivity index (χ3n) is 3.06. The van der Waals surface area contributed by atoms with Crippen LogP contribution in [-0.2, 0) is 0 Å². The van der Waals surface area contributed by atoms with Crippen LogP contribution < -0.4 is 9.47 Å². The number of hydrogen-bond donors (Lipinski definition) is 0. The normalized spacial score (nSPS) is 20.1. The van der Waals surface area contributed by atoms with Crippen molar-refractivity contribution in [3.63, 3.8) is 0 Å². The van der Waals surface area contributed by atoms with Crippen molar-refractivity contribution in [1.29, 1.82) is 0 Å². The summed E-state index contributed by atoms with van der Waals surface area (Å²) in [7, 11) is 1.66. The highest BCUT2D eigenvalue weighted by molar-refractivity contribution is 9.10. The molecule has 92 valence electrons. The van der Waals surface area contributed by atoms with E-state index in [0.717, 1.165) is 28.8 Å². The topological polar surface area (TPSA) is 18.5 Å². The molecular weight excluding hydrogens is 280 g/mol. The minimum atomic E-state index is 0.131. The van der Waals surface area contributed by atoms with E-state index in [1.807, 2.05) is 18.2 Å². The van der Waals surface area contributed by atoms with Crippen LogP contribution in [0.1, 0.15) is 25.7 Å². The quantitative estimate of drug-likeness (QED) is 0.773. The minimum absolute atomic E-state index is 0.131. The van der Waals surface area contributed by atoms with Crippen molar-refractivity contribution in [3.05, 3.63) is 34.8 Å². The van der Waals surface area contributed by atoms with Crippen molar-refractivity contribution in [2.24, 2.45) is 0 Å². The van der Waals surface area contributed by atoms with Crippen molar-refractivity contribution in [1.82, 2.24) is 0 Å². The Balaban J connectivity index is 2.16. The van der Waals surface area contributed by atoms with Gasteiger partial charge in [-0.15, -0.1) is 0 Å². The van der Waals surface area contributed by atoms with Gasteiger partial charge in [-0.05, 0) is 49.5 Å². The average Bonchev–Trinajstić information content (AvgIpc) is 2.32. The molecule has 0 N–H and O–H groups in total.